The SMILES string of the molecule is Cc1c(Cl)nc(C(C)C)nc1N(C)C1CCOC1. The van der Waals surface area contributed by atoms with E-state index in [1.165, 1.54) is 0 Å². The van der Waals surface area contributed by atoms with Crippen LogP contribution >= 0.6 is 11.6 Å². The van der Waals surface area contributed by atoms with Crippen molar-refractivity contribution in [3.63, 3.8) is 0 Å². The third-order valence-corrected chi connectivity index (χ3v) is 3.75. The second-order valence-corrected chi connectivity index (χ2v) is 5.46. The fourth-order valence-corrected chi connectivity index (χ4v) is 2.27. The molecular formula is C13H20ClN3O. The van der Waals surface area contributed by atoms with Crippen LogP contribution in [0, 0.1) is 6.92 Å². The van der Waals surface area contributed by atoms with E-state index in [0.717, 1.165) is 36.8 Å². The van der Waals surface area contributed by atoms with Gasteiger partial charge < -0.3 is 9.64 Å². The van der Waals surface area contributed by atoms with Crippen molar-refractivity contribution in [2.45, 2.75) is 39.2 Å². The van der Waals surface area contributed by atoms with Gasteiger partial charge in [0.2, 0.25) is 0 Å². The molecule has 0 radical (unpaired) electrons. The molecule has 1 atom stereocenters. The predicted octanol–water partition coefficient (Wildman–Crippen LogP) is 2.79. The molecule has 1 aliphatic rings. The maximum Gasteiger partial charge on any atom is 0.137 e. The highest BCUT2D eigenvalue weighted by Gasteiger charge is 2.24. The normalized spacial score (nSPS) is 19.6. The van der Waals surface area contributed by atoms with E-state index in [9.17, 15) is 0 Å². The van der Waals surface area contributed by atoms with Crippen LogP contribution in [0.5, 0.6) is 0 Å². The van der Waals surface area contributed by atoms with Crippen LogP contribution in [0.3, 0.4) is 0 Å². The van der Waals surface area contributed by atoms with Crippen LogP contribution in [0.1, 0.15) is 37.6 Å². The molecule has 1 aliphatic heterocycles. The van der Waals surface area contributed by atoms with Gasteiger partial charge in [0, 0.05) is 25.1 Å². The van der Waals surface area contributed by atoms with E-state index in [2.05, 4.69) is 35.8 Å². The molecule has 2 rings (SSSR count). The Morgan fingerprint density at radius 3 is 2.67 bits per heavy atom. The highest BCUT2D eigenvalue weighted by Crippen LogP contribution is 2.27. The minimum Gasteiger partial charge on any atom is -0.379 e. The lowest BCUT2D eigenvalue weighted by Crippen LogP contribution is -2.33. The Morgan fingerprint density at radius 2 is 2.11 bits per heavy atom. The molecule has 0 aromatic carbocycles. The van der Waals surface area contributed by atoms with Crippen molar-refractivity contribution in [3.8, 4) is 0 Å². The molecule has 0 N–H and O–H groups in total. The van der Waals surface area contributed by atoms with Gasteiger partial charge in [-0.1, -0.05) is 25.4 Å². The summed E-state index contributed by atoms with van der Waals surface area (Å²) in [6.07, 6.45) is 1.04. The van der Waals surface area contributed by atoms with Crippen LogP contribution in [0.4, 0.5) is 5.82 Å². The lowest BCUT2D eigenvalue weighted by Gasteiger charge is -2.26. The number of ether oxygens (including phenoxy) is 1. The zero-order valence-electron chi connectivity index (χ0n) is 11.4. The average molecular weight is 270 g/mol. The first kappa shape index (κ1) is 13.6. The molecule has 2 heterocycles. The fraction of sp³-hybridized carbons (Fsp3) is 0.692. The van der Waals surface area contributed by atoms with Gasteiger partial charge in [0.15, 0.2) is 0 Å². The van der Waals surface area contributed by atoms with E-state index in [4.69, 9.17) is 16.3 Å². The van der Waals surface area contributed by atoms with Gasteiger partial charge in [-0.2, -0.15) is 0 Å². The third-order valence-electron chi connectivity index (χ3n) is 3.38. The summed E-state index contributed by atoms with van der Waals surface area (Å²) in [5, 5.41) is 0.550. The number of aromatic nitrogens is 2. The van der Waals surface area contributed by atoms with Gasteiger partial charge in [-0.15, -0.1) is 0 Å². The van der Waals surface area contributed by atoms with Crippen LogP contribution < -0.4 is 4.90 Å². The number of rotatable bonds is 3. The highest BCUT2D eigenvalue weighted by atomic mass is 35.5. The van der Waals surface area contributed by atoms with Crippen molar-refractivity contribution < 1.29 is 4.74 Å². The van der Waals surface area contributed by atoms with Gasteiger partial charge in [-0.05, 0) is 13.3 Å². The lowest BCUT2D eigenvalue weighted by molar-refractivity contribution is 0.193. The molecule has 1 saturated heterocycles. The molecule has 4 nitrogen and oxygen atoms in total. The summed E-state index contributed by atoms with van der Waals surface area (Å²) in [6, 6.07) is 0.384. The second kappa shape index (κ2) is 5.41. The molecule has 1 aromatic rings. The zero-order chi connectivity index (χ0) is 13.3. The molecule has 0 amide bonds. The van der Waals surface area contributed by atoms with Crippen molar-refractivity contribution in [1.29, 1.82) is 0 Å². The predicted molar refractivity (Wildman–Crippen MR) is 73.5 cm³/mol. The Hall–Kier alpha value is -0.870. The fourth-order valence-electron chi connectivity index (χ4n) is 2.10. The van der Waals surface area contributed by atoms with Gasteiger partial charge in [0.1, 0.15) is 16.8 Å². The summed E-state index contributed by atoms with van der Waals surface area (Å²) < 4.78 is 5.43. The monoisotopic (exact) mass is 269 g/mol. The summed E-state index contributed by atoms with van der Waals surface area (Å²) in [5.41, 5.74) is 0.940. The Balaban J connectivity index is 2.35. The van der Waals surface area contributed by atoms with E-state index in [1.54, 1.807) is 0 Å². The largest absolute Gasteiger partial charge is 0.379 e. The Bertz CT molecular complexity index is 430. The molecule has 0 bridgehead atoms. The minimum absolute atomic E-state index is 0.273. The summed E-state index contributed by atoms with van der Waals surface area (Å²) in [4.78, 5) is 11.2. The number of nitrogens with zero attached hydrogens (tertiary/aromatic N) is 3. The summed E-state index contributed by atoms with van der Waals surface area (Å²) in [6.45, 7) is 7.69. The molecule has 5 heteroatoms. The lowest BCUT2D eigenvalue weighted by atomic mass is 10.2. The minimum atomic E-state index is 0.273. The summed E-state index contributed by atoms with van der Waals surface area (Å²) >= 11 is 6.20. The van der Waals surface area contributed by atoms with E-state index >= 15 is 0 Å². The first-order valence-electron chi connectivity index (χ1n) is 6.35. The molecular weight excluding hydrogens is 250 g/mol. The molecule has 0 saturated carbocycles. The van der Waals surface area contributed by atoms with Crippen LogP contribution in [-0.4, -0.2) is 36.3 Å². The van der Waals surface area contributed by atoms with E-state index in [0.29, 0.717) is 11.2 Å². The molecule has 0 aliphatic carbocycles. The maximum atomic E-state index is 6.20. The number of hydrogen-bond acceptors (Lipinski definition) is 4. The smallest absolute Gasteiger partial charge is 0.137 e. The van der Waals surface area contributed by atoms with Gasteiger partial charge in [0.05, 0.1) is 12.6 Å². The van der Waals surface area contributed by atoms with Crippen molar-refractivity contribution >= 4 is 17.4 Å². The van der Waals surface area contributed by atoms with Gasteiger partial charge >= 0.3 is 0 Å². The first-order chi connectivity index (χ1) is 8.50. The van der Waals surface area contributed by atoms with Crippen molar-refractivity contribution in [2.24, 2.45) is 0 Å². The van der Waals surface area contributed by atoms with Crippen molar-refractivity contribution in [2.75, 3.05) is 25.2 Å². The Kier molecular flexibility index (Phi) is 4.07. The summed E-state index contributed by atoms with van der Waals surface area (Å²) in [5.74, 6) is 2.00. The van der Waals surface area contributed by atoms with Gasteiger partial charge in [0.25, 0.3) is 0 Å². The number of hydrogen-bond donors (Lipinski definition) is 0. The quantitative estimate of drug-likeness (QED) is 0.791. The van der Waals surface area contributed by atoms with Crippen LogP contribution in [0.15, 0.2) is 0 Å². The standard InChI is InChI=1S/C13H20ClN3O/c1-8(2)12-15-11(14)9(3)13(16-12)17(4)10-5-6-18-7-10/h8,10H,5-7H2,1-4H3. The molecule has 1 aromatic heterocycles. The van der Waals surface area contributed by atoms with Gasteiger partial charge in [-0.3, -0.25) is 0 Å². The van der Waals surface area contributed by atoms with Crippen molar-refractivity contribution in [1.82, 2.24) is 9.97 Å². The summed E-state index contributed by atoms with van der Waals surface area (Å²) in [7, 11) is 2.05. The van der Waals surface area contributed by atoms with Crippen LogP contribution in [0.25, 0.3) is 0 Å². The van der Waals surface area contributed by atoms with E-state index in [-0.39, 0.29) is 5.92 Å². The highest BCUT2D eigenvalue weighted by molar-refractivity contribution is 6.30. The van der Waals surface area contributed by atoms with Crippen LogP contribution in [-0.2, 0) is 4.74 Å². The zero-order valence-corrected chi connectivity index (χ0v) is 12.2. The number of halogens is 1. The van der Waals surface area contributed by atoms with Crippen molar-refractivity contribution in [3.05, 3.63) is 16.5 Å². The molecule has 18 heavy (non-hydrogen) atoms. The topological polar surface area (TPSA) is 38.2 Å². The average Bonchev–Trinajstić information content (AvgIpc) is 2.85. The Morgan fingerprint density at radius 1 is 1.39 bits per heavy atom. The van der Waals surface area contributed by atoms with Gasteiger partial charge in [-0.25, -0.2) is 9.97 Å². The molecule has 1 fully saturated rings. The molecule has 100 valence electrons. The first-order valence-corrected chi connectivity index (χ1v) is 6.73. The molecule has 1 unspecified atom stereocenters. The molecule has 0 spiro atoms. The Labute approximate surface area is 113 Å². The third kappa shape index (κ3) is 2.59. The van der Waals surface area contributed by atoms with E-state index in [1.807, 2.05) is 6.92 Å². The number of anilines is 1. The van der Waals surface area contributed by atoms with E-state index < -0.39 is 0 Å². The second-order valence-electron chi connectivity index (χ2n) is 5.10. The number of likely N-dealkylation sites (N-methyl/N-ethyl adjacent to an activating group) is 1. The maximum absolute atomic E-state index is 6.20. The van der Waals surface area contributed by atoms with Crippen LogP contribution in [0.2, 0.25) is 5.15 Å².